The summed E-state index contributed by atoms with van der Waals surface area (Å²) in [4.78, 5) is 13.0. The highest BCUT2D eigenvalue weighted by molar-refractivity contribution is 7.00. The van der Waals surface area contributed by atoms with E-state index in [4.69, 9.17) is 8.85 Å². The van der Waals surface area contributed by atoms with Gasteiger partial charge in [-0.05, 0) is 30.8 Å². The molecule has 1 heterocycles. The summed E-state index contributed by atoms with van der Waals surface area (Å²) in [6.45, 7) is 16.2. The Bertz CT molecular complexity index is 1530. The molecule has 0 aliphatic carbocycles. The zero-order valence-electron chi connectivity index (χ0n) is 28.4. The molecule has 0 amide bonds. The zero-order chi connectivity index (χ0) is 33.0. The van der Waals surface area contributed by atoms with Crippen molar-refractivity contribution in [3.05, 3.63) is 133 Å². The lowest BCUT2D eigenvalue weighted by Gasteiger charge is -2.48. The van der Waals surface area contributed by atoms with Crippen LogP contribution in [0, 0.1) is 0 Å². The van der Waals surface area contributed by atoms with Gasteiger partial charge in [-0.15, -0.1) is 0 Å². The Balaban J connectivity index is 1.74. The van der Waals surface area contributed by atoms with Gasteiger partial charge < -0.3 is 14.2 Å². The molecule has 0 bridgehead atoms. The van der Waals surface area contributed by atoms with Crippen LogP contribution in [0.5, 0.6) is 0 Å². The normalized spacial score (nSPS) is 18.4. The second kappa shape index (κ2) is 13.7. The summed E-state index contributed by atoms with van der Waals surface area (Å²) < 4.78 is 15.5. The molecule has 1 aliphatic rings. The highest BCUT2D eigenvalue weighted by atomic mass is 28.4. The molecule has 1 N–H and O–H groups in total. The number of carbonyl (C=O) groups excluding carboxylic acids is 1. The minimum absolute atomic E-state index is 0.0737. The molecular formula is C40H49NO3Si2. The van der Waals surface area contributed by atoms with Crippen LogP contribution >= 0.6 is 0 Å². The van der Waals surface area contributed by atoms with Gasteiger partial charge in [0.05, 0.1) is 6.10 Å². The number of allylic oxidation sites excluding steroid dienone is 1. The van der Waals surface area contributed by atoms with Crippen LogP contribution in [0.25, 0.3) is 0 Å². The van der Waals surface area contributed by atoms with E-state index >= 15 is 0 Å². The van der Waals surface area contributed by atoms with Gasteiger partial charge in [-0.1, -0.05) is 170 Å². The van der Waals surface area contributed by atoms with Crippen LogP contribution in [-0.2, 0) is 13.6 Å². The van der Waals surface area contributed by atoms with E-state index in [2.05, 4.69) is 168 Å². The molecule has 0 radical (unpaired) electrons. The maximum Gasteiger partial charge on any atom is 0.262 e. The molecule has 1 saturated heterocycles. The Hall–Kier alpha value is -3.56. The van der Waals surface area contributed by atoms with E-state index in [9.17, 15) is 4.79 Å². The maximum absolute atomic E-state index is 13.0. The van der Waals surface area contributed by atoms with Gasteiger partial charge in [-0.25, -0.2) is 0 Å². The molecule has 6 heteroatoms. The highest BCUT2D eigenvalue weighted by Gasteiger charge is 2.57. The van der Waals surface area contributed by atoms with Gasteiger partial charge in [0.25, 0.3) is 16.6 Å². The van der Waals surface area contributed by atoms with Crippen LogP contribution < -0.4 is 26.1 Å². The molecule has 5 rings (SSSR count). The fourth-order valence-corrected chi connectivity index (χ4v) is 16.4. The summed E-state index contributed by atoms with van der Waals surface area (Å²) in [7, 11) is -5.93. The summed E-state index contributed by atoms with van der Waals surface area (Å²) in [5.41, 5.74) is 0.808. The van der Waals surface area contributed by atoms with Crippen LogP contribution in [0.3, 0.4) is 0 Å². The lowest BCUT2D eigenvalue weighted by molar-refractivity contribution is -0.114. The van der Waals surface area contributed by atoms with Crippen molar-refractivity contribution in [2.45, 2.75) is 77.2 Å². The van der Waals surface area contributed by atoms with E-state index in [0.717, 1.165) is 5.70 Å². The number of benzene rings is 4. The first kappa shape index (κ1) is 33.8. The third kappa shape index (κ3) is 6.36. The van der Waals surface area contributed by atoms with Gasteiger partial charge in [0, 0.05) is 24.7 Å². The Kier molecular flexibility index (Phi) is 10.0. The SMILES string of the molecule is CCC(=O)/C=C1\NC[C@@H](O[Si](c2ccccc2)(c2ccccc2)C(C)(C)C)[C@@H]1O[Si](c1ccccc1)(c1ccccc1)C(C)(C)C. The molecular weight excluding hydrogens is 599 g/mol. The monoisotopic (exact) mass is 647 g/mol. The van der Waals surface area contributed by atoms with Crippen molar-refractivity contribution >= 4 is 43.2 Å². The van der Waals surface area contributed by atoms with E-state index in [1.807, 2.05) is 6.92 Å². The minimum atomic E-state index is -3.00. The smallest absolute Gasteiger partial charge is 0.262 e. The summed E-state index contributed by atoms with van der Waals surface area (Å²) in [6.07, 6.45) is 1.39. The molecule has 0 saturated carbocycles. The van der Waals surface area contributed by atoms with Gasteiger partial charge >= 0.3 is 0 Å². The van der Waals surface area contributed by atoms with Crippen LogP contribution in [0.4, 0.5) is 0 Å². The standard InChI is InChI=1S/C40H49NO3Si2/c1-8-31(42)29-36-38(44-46(40(5,6)7,34-25-17-11-18-26-34)35-27-19-12-20-28-35)37(30-41-36)43-45(39(2,3)4,32-21-13-9-14-22-32)33-23-15-10-16-24-33/h9-29,37-38,41H,8,30H2,1-7H3/b36-29-/t37-,38-/m1/s1. The van der Waals surface area contributed by atoms with E-state index in [-0.39, 0.29) is 22.0 Å². The van der Waals surface area contributed by atoms with Gasteiger partial charge in [-0.3, -0.25) is 4.79 Å². The van der Waals surface area contributed by atoms with Gasteiger partial charge in [0.15, 0.2) is 5.78 Å². The lowest BCUT2D eigenvalue weighted by atomic mass is 10.2. The van der Waals surface area contributed by atoms with Crippen molar-refractivity contribution in [1.29, 1.82) is 0 Å². The molecule has 240 valence electrons. The number of hydrogen-bond donors (Lipinski definition) is 1. The topological polar surface area (TPSA) is 47.6 Å². The molecule has 1 aliphatic heterocycles. The van der Waals surface area contributed by atoms with Crippen LogP contribution in [0.15, 0.2) is 133 Å². The Labute approximate surface area is 278 Å². The molecule has 46 heavy (non-hydrogen) atoms. The van der Waals surface area contributed by atoms with E-state index in [1.54, 1.807) is 6.08 Å². The molecule has 0 spiro atoms. The summed E-state index contributed by atoms with van der Waals surface area (Å²) in [6, 6.07) is 42.9. The molecule has 4 aromatic carbocycles. The second-order valence-electron chi connectivity index (χ2n) is 14.3. The lowest BCUT2D eigenvalue weighted by Crippen LogP contribution is -2.70. The first-order valence-corrected chi connectivity index (χ1v) is 20.3. The van der Waals surface area contributed by atoms with Crippen molar-refractivity contribution < 1.29 is 13.6 Å². The molecule has 4 nitrogen and oxygen atoms in total. The minimum Gasteiger partial charge on any atom is -0.400 e. The third-order valence-electron chi connectivity index (χ3n) is 9.28. The average Bonchev–Trinajstić information content (AvgIpc) is 3.42. The number of ketones is 1. The number of hydrogen-bond acceptors (Lipinski definition) is 4. The number of rotatable bonds is 10. The van der Waals surface area contributed by atoms with Crippen molar-refractivity contribution in [1.82, 2.24) is 5.32 Å². The fourth-order valence-electron chi connectivity index (χ4n) is 7.08. The Morgan fingerprint density at radius 2 is 1.00 bits per heavy atom. The summed E-state index contributed by atoms with van der Waals surface area (Å²) in [5, 5.41) is 8.01. The first-order valence-electron chi connectivity index (χ1n) is 16.5. The van der Waals surface area contributed by atoms with E-state index < -0.39 is 22.7 Å². The van der Waals surface area contributed by atoms with Crippen LogP contribution in [0.1, 0.15) is 54.9 Å². The predicted molar refractivity (Wildman–Crippen MR) is 196 cm³/mol. The third-order valence-corrected chi connectivity index (χ3v) is 19.4. The van der Waals surface area contributed by atoms with Crippen molar-refractivity contribution in [3.8, 4) is 0 Å². The zero-order valence-corrected chi connectivity index (χ0v) is 30.4. The van der Waals surface area contributed by atoms with Crippen LogP contribution in [0.2, 0.25) is 10.1 Å². The molecule has 0 aromatic heterocycles. The predicted octanol–water partition coefficient (Wildman–Crippen LogP) is 6.34. The van der Waals surface area contributed by atoms with Crippen molar-refractivity contribution in [2.75, 3.05) is 6.54 Å². The average molecular weight is 648 g/mol. The van der Waals surface area contributed by atoms with Crippen LogP contribution in [-0.4, -0.2) is 41.2 Å². The fraction of sp³-hybridized carbons (Fsp3) is 0.325. The molecule has 2 atom stereocenters. The Morgan fingerprint density at radius 1 is 0.652 bits per heavy atom. The summed E-state index contributed by atoms with van der Waals surface area (Å²) >= 11 is 0. The van der Waals surface area contributed by atoms with Gasteiger partial charge in [0.2, 0.25) is 0 Å². The molecule has 1 fully saturated rings. The summed E-state index contributed by atoms with van der Waals surface area (Å²) in [5.74, 6) is 0.0737. The van der Waals surface area contributed by atoms with Gasteiger partial charge in [0.1, 0.15) is 6.10 Å². The number of nitrogens with one attached hydrogen (secondary N) is 1. The highest BCUT2D eigenvalue weighted by Crippen LogP contribution is 2.42. The maximum atomic E-state index is 13.0. The largest absolute Gasteiger partial charge is 0.400 e. The van der Waals surface area contributed by atoms with E-state index in [1.165, 1.54) is 20.7 Å². The van der Waals surface area contributed by atoms with Crippen molar-refractivity contribution in [3.63, 3.8) is 0 Å². The Morgan fingerprint density at radius 3 is 1.33 bits per heavy atom. The quantitative estimate of drug-likeness (QED) is 0.161. The first-order chi connectivity index (χ1) is 21.9. The second-order valence-corrected chi connectivity index (χ2v) is 22.8. The number of carbonyl (C=O) groups is 1. The molecule has 4 aromatic rings. The van der Waals surface area contributed by atoms with Crippen molar-refractivity contribution in [2.24, 2.45) is 0 Å². The van der Waals surface area contributed by atoms with E-state index in [0.29, 0.717) is 13.0 Å². The van der Waals surface area contributed by atoms with Gasteiger partial charge in [-0.2, -0.15) is 0 Å². The molecule has 0 unspecified atom stereocenters.